The molecule has 0 radical (unpaired) electrons. The first-order chi connectivity index (χ1) is 10.7. The van der Waals surface area contributed by atoms with Crippen LogP contribution >= 0.6 is 0 Å². The van der Waals surface area contributed by atoms with E-state index in [-0.39, 0.29) is 30.8 Å². The summed E-state index contributed by atoms with van der Waals surface area (Å²) in [6.07, 6.45) is 3.91. The third-order valence-corrected chi connectivity index (χ3v) is 5.25. The van der Waals surface area contributed by atoms with Gasteiger partial charge < -0.3 is 15.5 Å². The Kier molecular flexibility index (Phi) is 5.60. The highest BCUT2D eigenvalue weighted by Gasteiger charge is 2.41. The van der Waals surface area contributed by atoms with Crippen LogP contribution in [0.25, 0.3) is 0 Å². The lowest BCUT2D eigenvalue weighted by Crippen LogP contribution is -2.45. The van der Waals surface area contributed by atoms with Gasteiger partial charge >= 0.3 is 0 Å². The molecule has 0 aromatic carbocycles. The summed E-state index contributed by atoms with van der Waals surface area (Å²) in [6, 6.07) is -0.441. The average Bonchev–Trinajstić information content (AvgIpc) is 2.86. The maximum Gasteiger partial charge on any atom is 0.267 e. The van der Waals surface area contributed by atoms with Crippen LogP contribution in [-0.4, -0.2) is 59.8 Å². The standard InChI is InChI=1S/C16H27F2N3O2/c1-11(22)20(2)13-5-3-12(4-6-13)9-14(19)15(23)21-8-7-16(17,18)10-21/h12-14H,3-10,19H2,1-2H3/t12?,13?,14-/m0/s1. The first kappa shape index (κ1) is 18.1. The fourth-order valence-corrected chi connectivity index (χ4v) is 3.64. The van der Waals surface area contributed by atoms with E-state index in [2.05, 4.69) is 0 Å². The number of hydrogen-bond acceptors (Lipinski definition) is 3. The minimum Gasteiger partial charge on any atom is -0.343 e. The number of likely N-dealkylation sites (tertiary alicyclic amines) is 1. The molecule has 1 saturated carbocycles. The van der Waals surface area contributed by atoms with E-state index in [1.807, 2.05) is 7.05 Å². The molecule has 2 N–H and O–H groups in total. The highest BCUT2D eigenvalue weighted by molar-refractivity contribution is 5.82. The number of rotatable bonds is 4. The van der Waals surface area contributed by atoms with Crippen molar-refractivity contribution < 1.29 is 18.4 Å². The second kappa shape index (κ2) is 7.11. The first-order valence-corrected chi connectivity index (χ1v) is 8.35. The van der Waals surface area contributed by atoms with E-state index >= 15 is 0 Å². The van der Waals surface area contributed by atoms with Crippen LogP contribution in [0.5, 0.6) is 0 Å². The minimum atomic E-state index is -2.77. The molecular weight excluding hydrogens is 304 g/mol. The Balaban J connectivity index is 1.77. The molecule has 132 valence electrons. The van der Waals surface area contributed by atoms with E-state index in [9.17, 15) is 18.4 Å². The minimum absolute atomic E-state index is 0.0651. The number of halogens is 2. The summed E-state index contributed by atoms with van der Waals surface area (Å²) in [5, 5.41) is 0. The van der Waals surface area contributed by atoms with E-state index in [4.69, 9.17) is 5.73 Å². The van der Waals surface area contributed by atoms with Gasteiger partial charge in [-0.2, -0.15) is 0 Å². The summed E-state index contributed by atoms with van der Waals surface area (Å²) in [7, 11) is 1.82. The fraction of sp³-hybridized carbons (Fsp3) is 0.875. The normalized spacial score (nSPS) is 28.5. The van der Waals surface area contributed by atoms with Gasteiger partial charge in [-0.1, -0.05) is 0 Å². The monoisotopic (exact) mass is 331 g/mol. The summed E-state index contributed by atoms with van der Waals surface area (Å²) < 4.78 is 26.4. The number of nitrogens with two attached hydrogens (primary N) is 1. The lowest BCUT2D eigenvalue weighted by Gasteiger charge is -2.35. The van der Waals surface area contributed by atoms with Crippen LogP contribution in [-0.2, 0) is 9.59 Å². The molecule has 2 amide bonds. The van der Waals surface area contributed by atoms with Gasteiger partial charge in [0.05, 0.1) is 12.6 Å². The van der Waals surface area contributed by atoms with Gasteiger partial charge in [-0.05, 0) is 38.0 Å². The molecular formula is C16H27F2N3O2. The third kappa shape index (κ3) is 4.62. The molecule has 0 spiro atoms. The van der Waals surface area contributed by atoms with Crippen LogP contribution in [0.2, 0.25) is 0 Å². The van der Waals surface area contributed by atoms with Crippen LogP contribution in [0.1, 0.15) is 45.4 Å². The summed E-state index contributed by atoms with van der Waals surface area (Å²) in [4.78, 5) is 26.5. The number of alkyl halides is 2. The highest BCUT2D eigenvalue weighted by atomic mass is 19.3. The van der Waals surface area contributed by atoms with Crippen LogP contribution in [0.15, 0.2) is 0 Å². The molecule has 1 saturated heterocycles. The molecule has 0 unspecified atom stereocenters. The summed E-state index contributed by atoms with van der Waals surface area (Å²) in [5.74, 6) is -2.74. The second-order valence-corrected chi connectivity index (χ2v) is 7.01. The maximum atomic E-state index is 13.2. The fourth-order valence-electron chi connectivity index (χ4n) is 3.64. The lowest BCUT2D eigenvalue weighted by molar-refractivity contribution is -0.133. The zero-order valence-electron chi connectivity index (χ0n) is 13.9. The van der Waals surface area contributed by atoms with Crippen LogP contribution in [0.4, 0.5) is 8.78 Å². The Hall–Kier alpha value is -1.24. The summed E-state index contributed by atoms with van der Waals surface area (Å²) in [6.45, 7) is 1.15. The Morgan fingerprint density at radius 2 is 1.91 bits per heavy atom. The number of nitrogens with zero attached hydrogens (tertiary/aromatic N) is 2. The van der Waals surface area contributed by atoms with E-state index in [0.29, 0.717) is 12.3 Å². The number of hydrogen-bond donors (Lipinski definition) is 1. The molecule has 0 aromatic heterocycles. The van der Waals surface area contributed by atoms with Crippen molar-refractivity contribution in [1.82, 2.24) is 9.80 Å². The molecule has 5 nitrogen and oxygen atoms in total. The van der Waals surface area contributed by atoms with Gasteiger partial charge in [0.2, 0.25) is 11.8 Å². The molecule has 1 aliphatic heterocycles. The molecule has 7 heteroatoms. The van der Waals surface area contributed by atoms with Gasteiger partial charge in [-0.25, -0.2) is 8.78 Å². The van der Waals surface area contributed by atoms with Gasteiger partial charge in [0, 0.05) is 33.0 Å². The summed E-state index contributed by atoms with van der Waals surface area (Å²) in [5.41, 5.74) is 5.96. The summed E-state index contributed by atoms with van der Waals surface area (Å²) >= 11 is 0. The number of carbonyl (C=O) groups excluding carboxylic acids is 2. The van der Waals surface area contributed by atoms with Crippen molar-refractivity contribution >= 4 is 11.8 Å². The smallest absolute Gasteiger partial charge is 0.267 e. The zero-order valence-corrected chi connectivity index (χ0v) is 13.9. The first-order valence-electron chi connectivity index (χ1n) is 8.35. The Labute approximate surface area is 136 Å². The van der Waals surface area contributed by atoms with Crippen molar-refractivity contribution in [2.24, 2.45) is 11.7 Å². The zero-order chi connectivity index (χ0) is 17.2. The van der Waals surface area contributed by atoms with E-state index in [1.165, 1.54) is 4.90 Å². The van der Waals surface area contributed by atoms with Crippen LogP contribution in [0, 0.1) is 5.92 Å². The molecule has 1 atom stereocenters. The third-order valence-electron chi connectivity index (χ3n) is 5.25. The molecule has 0 aromatic rings. The molecule has 2 fully saturated rings. The van der Waals surface area contributed by atoms with Gasteiger partial charge in [-0.3, -0.25) is 9.59 Å². The molecule has 23 heavy (non-hydrogen) atoms. The SMILES string of the molecule is CC(=O)N(C)C1CCC(C[C@H](N)C(=O)N2CCC(F)(F)C2)CC1. The largest absolute Gasteiger partial charge is 0.343 e. The average molecular weight is 331 g/mol. The molecule has 1 aliphatic carbocycles. The van der Waals surface area contributed by atoms with E-state index < -0.39 is 18.5 Å². The maximum absolute atomic E-state index is 13.2. The Bertz CT molecular complexity index is 451. The number of carbonyl (C=O) groups is 2. The molecule has 2 aliphatic rings. The van der Waals surface area contributed by atoms with Crippen LogP contribution < -0.4 is 5.73 Å². The van der Waals surface area contributed by atoms with Gasteiger partial charge in [0.15, 0.2) is 0 Å². The van der Waals surface area contributed by atoms with Crippen molar-refractivity contribution in [2.45, 2.75) is 63.5 Å². The van der Waals surface area contributed by atoms with Crippen molar-refractivity contribution in [2.75, 3.05) is 20.1 Å². The van der Waals surface area contributed by atoms with Crippen molar-refractivity contribution in [1.29, 1.82) is 0 Å². The molecule has 1 heterocycles. The van der Waals surface area contributed by atoms with Crippen molar-refractivity contribution in [3.63, 3.8) is 0 Å². The van der Waals surface area contributed by atoms with Gasteiger partial charge in [-0.15, -0.1) is 0 Å². The predicted molar refractivity (Wildman–Crippen MR) is 82.9 cm³/mol. The number of amides is 2. The predicted octanol–water partition coefficient (Wildman–Crippen LogP) is 1.61. The van der Waals surface area contributed by atoms with Gasteiger partial charge in [0.25, 0.3) is 5.92 Å². The molecule has 2 rings (SSSR count). The van der Waals surface area contributed by atoms with Crippen molar-refractivity contribution in [3.8, 4) is 0 Å². The van der Waals surface area contributed by atoms with E-state index in [0.717, 1.165) is 25.7 Å². The van der Waals surface area contributed by atoms with E-state index in [1.54, 1.807) is 11.8 Å². The van der Waals surface area contributed by atoms with Gasteiger partial charge in [0.1, 0.15) is 0 Å². The second-order valence-electron chi connectivity index (χ2n) is 7.01. The van der Waals surface area contributed by atoms with Crippen LogP contribution in [0.3, 0.4) is 0 Å². The highest BCUT2D eigenvalue weighted by Crippen LogP contribution is 2.31. The lowest BCUT2D eigenvalue weighted by atomic mass is 9.82. The topological polar surface area (TPSA) is 66.6 Å². The Morgan fingerprint density at radius 3 is 2.39 bits per heavy atom. The van der Waals surface area contributed by atoms with Crippen molar-refractivity contribution in [3.05, 3.63) is 0 Å². The quantitative estimate of drug-likeness (QED) is 0.851. The molecule has 0 bridgehead atoms. The Morgan fingerprint density at radius 1 is 1.30 bits per heavy atom.